The summed E-state index contributed by atoms with van der Waals surface area (Å²) in [5.41, 5.74) is 2.14. The van der Waals surface area contributed by atoms with Crippen molar-refractivity contribution in [3.8, 4) is 5.75 Å². The van der Waals surface area contributed by atoms with Gasteiger partial charge in [-0.1, -0.05) is 29.8 Å². The van der Waals surface area contributed by atoms with Gasteiger partial charge in [-0.05, 0) is 51.0 Å². The monoisotopic (exact) mass is 400 g/mol. The fourth-order valence-corrected chi connectivity index (χ4v) is 4.26. The van der Waals surface area contributed by atoms with Crippen LogP contribution in [0.15, 0.2) is 35.9 Å². The molecule has 2 amide bonds. The molecule has 0 atom stereocenters. The average molecular weight is 401 g/mol. The number of allylic oxidation sites excluding steroid dienone is 1. The normalized spacial score (nSPS) is 18.4. The molecule has 0 saturated carbocycles. The highest BCUT2D eigenvalue weighted by molar-refractivity contribution is 6.35. The Hall–Kier alpha value is -2.34. The molecule has 0 bridgehead atoms. The first-order chi connectivity index (χ1) is 14.1. The lowest BCUT2D eigenvalue weighted by Crippen LogP contribution is -2.48. The van der Waals surface area contributed by atoms with Crippen molar-refractivity contribution in [3.63, 3.8) is 0 Å². The van der Waals surface area contributed by atoms with Gasteiger partial charge in [0.2, 0.25) is 0 Å². The molecule has 6 heteroatoms. The maximum atomic E-state index is 12.4. The molecule has 2 aliphatic rings. The third-order valence-electron chi connectivity index (χ3n) is 6.04. The van der Waals surface area contributed by atoms with Crippen molar-refractivity contribution in [1.29, 1.82) is 0 Å². The zero-order chi connectivity index (χ0) is 20.5. The number of methoxy groups -OCH3 is 1. The summed E-state index contributed by atoms with van der Waals surface area (Å²) in [5, 5.41) is 5.61. The largest absolute Gasteiger partial charge is 0.496 e. The zero-order valence-corrected chi connectivity index (χ0v) is 17.3. The molecule has 1 aromatic rings. The highest BCUT2D eigenvalue weighted by atomic mass is 16.5. The van der Waals surface area contributed by atoms with E-state index >= 15 is 0 Å². The topological polar surface area (TPSA) is 76.7 Å². The molecule has 1 aromatic carbocycles. The molecule has 6 nitrogen and oxygen atoms in total. The van der Waals surface area contributed by atoms with E-state index in [2.05, 4.69) is 16.7 Å². The van der Waals surface area contributed by atoms with E-state index in [1.54, 1.807) is 7.11 Å². The predicted molar refractivity (Wildman–Crippen MR) is 112 cm³/mol. The third-order valence-corrected chi connectivity index (χ3v) is 6.04. The van der Waals surface area contributed by atoms with Crippen molar-refractivity contribution < 1.29 is 19.1 Å². The van der Waals surface area contributed by atoms with Crippen LogP contribution in [0.3, 0.4) is 0 Å². The molecule has 0 aromatic heterocycles. The Morgan fingerprint density at radius 3 is 2.59 bits per heavy atom. The number of rotatable bonds is 7. The summed E-state index contributed by atoms with van der Waals surface area (Å²) < 4.78 is 11.1. The smallest absolute Gasteiger partial charge is 0.309 e. The average Bonchev–Trinajstić information content (AvgIpc) is 2.78. The lowest BCUT2D eigenvalue weighted by atomic mass is 9.73. The molecule has 0 radical (unpaired) electrons. The summed E-state index contributed by atoms with van der Waals surface area (Å²) in [4.78, 5) is 24.6. The Kier molecular flexibility index (Phi) is 7.69. The molecule has 1 aliphatic heterocycles. The van der Waals surface area contributed by atoms with Crippen LogP contribution in [0.4, 0.5) is 0 Å². The molecule has 158 valence electrons. The van der Waals surface area contributed by atoms with Crippen molar-refractivity contribution >= 4 is 11.8 Å². The van der Waals surface area contributed by atoms with E-state index < -0.39 is 11.8 Å². The molecular formula is C23H32N2O4. The van der Waals surface area contributed by atoms with Crippen LogP contribution in [0.2, 0.25) is 0 Å². The Morgan fingerprint density at radius 2 is 1.86 bits per heavy atom. The molecule has 29 heavy (non-hydrogen) atoms. The van der Waals surface area contributed by atoms with Gasteiger partial charge in [-0.3, -0.25) is 9.59 Å². The second-order valence-corrected chi connectivity index (χ2v) is 7.89. The summed E-state index contributed by atoms with van der Waals surface area (Å²) in [6, 6.07) is 7.88. The first-order valence-electron chi connectivity index (χ1n) is 10.6. The summed E-state index contributed by atoms with van der Waals surface area (Å²) in [6.45, 7) is 2.13. The minimum absolute atomic E-state index is 0.298. The van der Waals surface area contributed by atoms with E-state index in [9.17, 15) is 9.59 Å². The first kappa shape index (κ1) is 21.4. The van der Waals surface area contributed by atoms with Crippen LogP contribution in [-0.4, -0.2) is 45.2 Å². The maximum Gasteiger partial charge on any atom is 0.309 e. The Bertz CT molecular complexity index is 738. The first-order valence-corrected chi connectivity index (χ1v) is 10.6. The molecule has 0 unspecified atom stereocenters. The molecule has 1 aliphatic carbocycles. The van der Waals surface area contributed by atoms with E-state index in [1.165, 1.54) is 18.4 Å². The summed E-state index contributed by atoms with van der Waals surface area (Å²) in [5.74, 6) is -0.346. The van der Waals surface area contributed by atoms with Gasteiger partial charge in [0, 0.05) is 37.3 Å². The van der Waals surface area contributed by atoms with Crippen molar-refractivity contribution in [2.75, 3.05) is 33.4 Å². The summed E-state index contributed by atoms with van der Waals surface area (Å²) in [7, 11) is 1.65. The van der Waals surface area contributed by atoms with Crippen LogP contribution in [-0.2, 0) is 19.7 Å². The minimum Gasteiger partial charge on any atom is -0.496 e. The number of nitrogens with one attached hydrogen (secondary N) is 2. The van der Waals surface area contributed by atoms with Crippen LogP contribution in [0, 0.1) is 0 Å². The van der Waals surface area contributed by atoms with Crippen LogP contribution < -0.4 is 15.4 Å². The summed E-state index contributed by atoms with van der Waals surface area (Å²) in [6.07, 6.45) is 9.31. The van der Waals surface area contributed by atoms with Crippen LogP contribution in [0.25, 0.3) is 0 Å². The molecule has 1 saturated heterocycles. The van der Waals surface area contributed by atoms with E-state index in [4.69, 9.17) is 9.47 Å². The Morgan fingerprint density at radius 1 is 1.10 bits per heavy atom. The quantitative estimate of drug-likeness (QED) is 0.545. The standard InChI is InChI=1S/C23H32N2O4/c1-28-20-10-6-5-9-19(20)23(12-15-29-16-13-23)17-25-22(27)21(26)24-14-11-18-7-3-2-4-8-18/h5-7,9-10H,2-4,8,11-17H2,1H3,(H,24,26)(H,25,27). The lowest BCUT2D eigenvalue weighted by Gasteiger charge is -2.38. The second-order valence-electron chi connectivity index (χ2n) is 7.89. The van der Waals surface area contributed by atoms with Crippen molar-refractivity contribution in [2.45, 2.75) is 50.4 Å². The highest BCUT2D eigenvalue weighted by Crippen LogP contribution is 2.39. The van der Waals surface area contributed by atoms with Gasteiger partial charge >= 0.3 is 11.8 Å². The van der Waals surface area contributed by atoms with Gasteiger partial charge in [0.1, 0.15) is 5.75 Å². The van der Waals surface area contributed by atoms with Gasteiger partial charge in [0.05, 0.1) is 7.11 Å². The van der Waals surface area contributed by atoms with Gasteiger partial charge in [-0.15, -0.1) is 0 Å². The van der Waals surface area contributed by atoms with Crippen molar-refractivity contribution in [3.05, 3.63) is 41.5 Å². The minimum atomic E-state index is -0.580. The van der Waals surface area contributed by atoms with Crippen LogP contribution in [0.1, 0.15) is 50.5 Å². The van der Waals surface area contributed by atoms with Gasteiger partial charge in [0.15, 0.2) is 0 Å². The van der Waals surface area contributed by atoms with E-state index in [0.29, 0.717) is 26.3 Å². The Balaban J connectivity index is 1.56. The lowest BCUT2D eigenvalue weighted by molar-refractivity contribution is -0.139. The second kappa shape index (κ2) is 10.4. The number of hydrogen-bond donors (Lipinski definition) is 2. The number of carbonyl (C=O) groups excluding carboxylic acids is 2. The molecule has 2 N–H and O–H groups in total. The molecule has 0 spiro atoms. The van der Waals surface area contributed by atoms with Crippen LogP contribution in [0.5, 0.6) is 5.75 Å². The van der Waals surface area contributed by atoms with E-state index in [1.807, 2.05) is 24.3 Å². The number of para-hydroxylation sites is 1. The number of carbonyl (C=O) groups is 2. The maximum absolute atomic E-state index is 12.4. The van der Waals surface area contributed by atoms with Crippen LogP contribution >= 0.6 is 0 Å². The fraction of sp³-hybridized carbons (Fsp3) is 0.565. The molecule has 3 rings (SSSR count). The zero-order valence-electron chi connectivity index (χ0n) is 17.3. The van der Waals surface area contributed by atoms with Gasteiger partial charge in [-0.25, -0.2) is 0 Å². The number of benzene rings is 1. The fourth-order valence-electron chi connectivity index (χ4n) is 4.26. The van der Waals surface area contributed by atoms with Gasteiger partial charge in [0.25, 0.3) is 0 Å². The number of hydrogen-bond acceptors (Lipinski definition) is 4. The molecule has 1 fully saturated rings. The van der Waals surface area contributed by atoms with Gasteiger partial charge in [-0.2, -0.15) is 0 Å². The molecule has 1 heterocycles. The van der Waals surface area contributed by atoms with E-state index in [0.717, 1.165) is 43.4 Å². The van der Waals surface area contributed by atoms with E-state index in [-0.39, 0.29) is 5.41 Å². The van der Waals surface area contributed by atoms with Crippen molar-refractivity contribution in [2.24, 2.45) is 0 Å². The molecular weight excluding hydrogens is 368 g/mol. The highest BCUT2D eigenvalue weighted by Gasteiger charge is 2.37. The predicted octanol–water partition coefficient (Wildman–Crippen LogP) is 2.87. The number of amides is 2. The SMILES string of the molecule is COc1ccccc1C1(CNC(=O)C(=O)NCCC2=CCCCC2)CCOCC1. The summed E-state index contributed by atoms with van der Waals surface area (Å²) >= 11 is 0. The van der Waals surface area contributed by atoms with Crippen molar-refractivity contribution in [1.82, 2.24) is 10.6 Å². The Labute approximate surface area is 173 Å². The number of ether oxygens (including phenoxy) is 2. The van der Waals surface area contributed by atoms with Gasteiger partial charge < -0.3 is 20.1 Å². The third kappa shape index (κ3) is 5.60.